The number of hydrogen-bond acceptors (Lipinski definition) is 4. The summed E-state index contributed by atoms with van der Waals surface area (Å²) >= 11 is 6.63. The summed E-state index contributed by atoms with van der Waals surface area (Å²) in [5.74, 6) is 0. The molecule has 0 aliphatic carbocycles. The van der Waals surface area contributed by atoms with Gasteiger partial charge in [0.25, 0.3) is 0 Å². The summed E-state index contributed by atoms with van der Waals surface area (Å²) in [7, 11) is -3.69. The third-order valence-corrected chi connectivity index (χ3v) is 6.14. The summed E-state index contributed by atoms with van der Waals surface area (Å²) in [5.41, 5.74) is 4.73. The lowest BCUT2D eigenvalue weighted by atomic mass is 10.2. The maximum atomic E-state index is 11.6. The molecule has 1 aliphatic rings. The third-order valence-electron chi connectivity index (χ3n) is 4.84. The van der Waals surface area contributed by atoms with Gasteiger partial charge >= 0.3 is 0 Å². The standard InChI is InChI=1S/C19H19ClN4O2S/c1-13-17(19(20)24(22-13)15-5-3-2-4-6-15)12-23-10-9-14-11-16(27(21,25)26)7-8-18(14)23/h2-8,11H,9-10,12H2,1H3,(H2,21,25,26). The summed E-state index contributed by atoms with van der Waals surface area (Å²) in [5, 5.41) is 10.4. The Bertz CT molecular complexity index is 1110. The highest BCUT2D eigenvalue weighted by Crippen LogP contribution is 2.33. The van der Waals surface area contributed by atoms with Crippen molar-refractivity contribution in [1.29, 1.82) is 0 Å². The van der Waals surface area contributed by atoms with E-state index in [1.807, 2.05) is 43.3 Å². The molecule has 2 heterocycles. The topological polar surface area (TPSA) is 81.2 Å². The van der Waals surface area contributed by atoms with Gasteiger partial charge in [0.1, 0.15) is 5.15 Å². The Morgan fingerprint density at radius 3 is 2.63 bits per heavy atom. The highest BCUT2D eigenvalue weighted by molar-refractivity contribution is 7.89. The zero-order valence-corrected chi connectivity index (χ0v) is 16.3. The molecular weight excluding hydrogens is 384 g/mol. The first kappa shape index (κ1) is 18.0. The average molecular weight is 403 g/mol. The first-order valence-corrected chi connectivity index (χ1v) is 10.5. The Labute approximate surface area is 163 Å². The SMILES string of the molecule is Cc1nn(-c2ccccc2)c(Cl)c1CN1CCc2cc(S(N)(=O)=O)ccc21. The lowest BCUT2D eigenvalue weighted by Gasteiger charge is -2.19. The Morgan fingerprint density at radius 1 is 1.19 bits per heavy atom. The second-order valence-corrected chi connectivity index (χ2v) is 8.53. The number of halogens is 1. The van der Waals surface area contributed by atoms with Gasteiger partial charge in [-0.2, -0.15) is 5.10 Å². The zero-order valence-electron chi connectivity index (χ0n) is 14.8. The van der Waals surface area contributed by atoms with Crippen LogP contribution >= 0.6 is 11.6 Å². The minimum absolute atomic E-state index is 0.147. The second-order valence-electron chi connectivity index (χ2n) is 6.61. The van der Waals surface area contributed by atoms with Crippen molar-refractivity contribution in [1.82, 2.24) is 9.78 Å². The number of primary sulfonamides is 1. The normalized spacial score (nSPS) is 13.8. The van der Waals surface area contributed by atoms with E-state index in [0.29, 0.717) is 11.7 Å². The predicted molar refractivity (Wildman–Crippen MR) is 106 cm³/mol. The van der Waals surface area contributed by atoms with Gasteiger partial charge in [0, 0.05) is 24.3 Å². The quantitative estimate of drug-likeness (QED) is 0.727. The van der Waals surface area contributed by atoms with Crippen LogP contribution in [0.2, 0.25) is 5.15 Å². The molecule has 0 spiro atoms. The predicted octanol–water partition coefficient (Wildman–Crippen LogP) is 3.04. The number of sulfonamides is 1. The molecule has 0 fully saturated rings. The molecule has 1 aromatic heterocycles. The van der Waals surface area contributed by atoms with Crippen molar-refractivity contribution in [3.8, 4) is 5.69 Å². The fraction of sp³-hybridized carbons (Fsp3) is 0.211. The number of nitrogens with zero attached hydrogens (tertiary/aromatic N) is 3. The van der Waals surface area contributed by atoms with Crippen LogP contribution in [0.1, 0.15) is 16.8 Å². The van der Waals surface area contributed by atoms with Crippen molar-refractivity contribution < 1.29 is 8.42 Å². The van der Waals surface area contributed by atoms with E-state index in [-0.39, 0.29) is 4.90 Å². The smallest absolute Gasteiger partial charge is 0.238 e. The van der Waals surface area contributed by atoms with Crippen LogP contribution in [-0.2, 0) is 23.0 Å². The van der Waals surface area contributed by atoms with Crippen molar-refractivity contribution in [2.75, 3.05) is 11.4 Å². The van der Waals surface area contributed by atoms with Gasteiger partial charge in [-0.25, -0.2) is 18.2 Å². The van der Waals surface area contributed by atoms with E-state index in [0.717, 1.165) is 41.2 Å². The minimum Gasteiger partial charge on any atom is -0.366 e. The summed E-state index contributed by atoms with van der Waals surface area (Å²) in [6.07, 6.45) is 0.766. The zero-order chi connectivity index (χ0) is 19.2. The Kier molecular flexibility index (Phi) is 4.46. The van der Waals surface area contributed by atoms with Crippen molar-refractivity contribution in [2.24, 2.45) is 5.14 Å². The van der Waals surface area contributed by atoms with Crippen LogP contribution in [-0.4, -0.2) is 24.7 Å². The second kappa shape index (κ2) is 6.67. The number of hydrogen-bond donors (Lipinski definition) is 1. The van der Waals surface area contributed by atoms with Gasteiger partial charge in [0.15, 0.2) is 0 Å². The van der Waals surface area contributed by atoms with Gasteiger partial charge in [-0.1, -0.05) is 29.8 Å². The van der Waals surface area contributed by atoms with Crippen LogP contribution in [0.25, 0.3) is 5.69 Å². The van der Waals surface area contributed by atoms with Crippen molar-refractivity contribution in [3.05, 3.63) is 70.5 Å². The molecule has 2 N–H and O–H groups in total. The number of benzene rings is 2. The van der Waals surface area contributed by atoms with E-state index in [1.165, 1.54) is 0 Å². The summed E-state index contributed by atoms with van der Waals surface area (Å²) in [6.45, 7) is 3.34. The van der Waals surface area contributed by atoms with Crippen LogP contribution in [0.15, 0.2) is 53.4 Å². The molecule has 8 heteroatoms. The van der Waals surface area contributed by atoms with Gasteiger partial charge < -0.3 is 4.90 Å². The maximum absolute atomic E-state index is 11.6. The molecule has 140 valence electrons. The van der Waals surface area contributed by atoms with Gasteiger partial charge in [-0.15, -0.1) is 0 Å². The minimum atomic E-state index is -3.69. The van der Waals surface area contributed by atoms with Crippen LogP contribution in [0.5, 0.6) is 0 Å². The molecule has 4 rings (SSSR count). The Hall–Kier alpha value is -2.35. The fourth-order valence-electron chi connectivity index (χ4n) is 3.43. The molecule has 0 saturated carbocycles. The number of para-hydroxylation sites is 1. The first-order chi connectivity index (χ1) is 12.8. The van der Waals surface area contributed by atoms with Crippen LogP contribution < -0.4 is 10.0 Å². The number of rotatable bonds is 4. The molecule has 0 radical (unpaired) electrons. The number of aromatic nitrogens is 2. The maximum Gasteiger partial charge on any atom is 0.238 e. The molecule has 2 aromatic carbocycles. The van der Waals surface area contributed by atoms with Crippen molar-refractivity contribution in [3.63, 3.8) is 0 Å². The molecular formula is C19H19ClN4O2S. The number of anilines is 1. The molecule has 0 atom stereocenters. The van der Waals surface area contributed by atoms with Crippen LogP contribution in [0.4, 0.5) is 5.69 Å². The monoisotopic (exact) mass is 402 g/mol. The van der Waals surface area contributed by atoms with Gasteiger partial charge in [-0.3, -0.25) is 0 Å². The number of fused-ring (bicyclic) bond motifs is 1. The summed E-state index contributed by atoms with van der Waals surface area (Å²) < 4.78 is 24.9. The van der Waals surface area contributed by atoms with Crippen molar-refractivity contribution >= 4 is 27.3 Å². The van der Waals surface area contributed by atoms with Crippen molar-refractivity contribution in [2.45, 2.75) is 24.8 Å². The summed E-state index contributed by atoms with van der Waals surface area (Å²) in [6, 6.07) is 14.8. The van der Waals surface area contributed by atoms with E-state index in [9.17, 15) is 8.42 Å². The van der Waals surface area contributed by atoms with Gasteiger partial charge in [0.2, 0.25) is 10.0 Å². The third kappa shape index (κ3) is 3.34. The molecule has 0 amide bonds. The Balaban J connectivity index is 1.65. The van der Waals surface area contributed by atoms with Crippen LogP contribution in [0, 0.1) is 6.92 Å². The van der Waals surface area contributed by atoms with E-state index in [4.69, 9.17) is 16.7 Å². The van der Waals surface area contributed by atoms with Crippen LogP contribution in [0.3, 0.4) is 0 Å². The molecule has 3 aromatic rings. The average Bonchev–Trinajstić information content (AvgIpc) is 3.17. The molecule has 0 bridgehead atoms. The van der Waals surface area contributed by atoms with E-state index in [1.54, 1.807) is 16.8 Å². The summed E-state index contributed by atoms with van der Waals surface area (Å²) in [4.78, 5) is 2.34. The highest BCUT2D eigenvalue weighted by Gasteiger charge is 2.24. The van der Waals surface area contributed by atoms with E-state index in [2.05, 4.69) is 10.00 Å². The molecule has 0 unspecified atom stereocenters. The van der Waals surface area contributed by atoms with Gasteiger partial charge in [0.05, 0.1) is 16.3 Å². The van der Waals surface area contributed by atoms with E-state index < -0.39 is 10.0 Å². The number of aryl methyl sites for hydroxylation is 1. The molecule has 0 saturated heterocycles. The largest absolute Gasteiger partial charge is 0.366 e. The molecule has 1 aliphatic heterocycles. The number of nitrogens with two attached hydrogens (primary N) is 1. The molecule has 6 nitrogen and oxygen atoms in total. The lowest BCUT2D eigenvalue weighted by Crippen LogP contribution is -2.20. The molecule has 27 heavy (non-hydrogen) atoms. The Morgan fingerprint density at radius 2 is 1.93 bits per heavy atom. The highest BCUT2D eigenvalue weighted by atomic mass is 35.5. The van der Waals surface area contributed by atoms with Gasteiger partial charge in [-0.05, 0) is 49.2 Å². The first-order valence-electron chi connectivity index (χ1n) is 8.54. The van der Waals surface area contributed by atoms with E-state index >= 15 is 0 Å². The fourth-order valence-corrected chi connectivity index (χ4v) is 4.33. The lowest BCUT2D eigenvalue weighted by molar-refractivity contribution is 0.597.